The van der Waals surface area contributed by atoms with Gasteiger partial charge >= 0.3 is 0 Å². The van der Waals surface area contributed by atoms with E-state index < -0.39 is 0 Å². The molecule has 10 rings (SSSR count). The van der Waals surface area contributed by atoms with Gasteiger partial charge in [0.25, 0.3) is 0 Å². The highest BCUT2D eigenvalue weighted by atomic mass is 16.5. The molecule has 2 aliphatic rings. The van der Waals surface area contributed by atoms with Gasteiger partial charge < -0.3 is 9.15 Å². The maximum absolute atomic E-state index is 6.47. The van der Waals surface area contributed by atoms with E-state index >= 15 is 0 Å². The Morgan fingerprint density at radius 1 is 0.419 bits per heavy atom. The van der Waals surface area contributed by atoms with Crippen molar-refractivity contribution >= 4 is 32.7 Å². The normalized spacial score (nSPS) is 12.7. The van der Waals surface area contributed by atoms with Crippen molar-refractivity contribution in [3.8, 4) is 61.4 Å². The molecule has 0 spiro atoms. The molecule has 0 N–H and O–H groups in total. The van der Waals surface area contributed by atoms with Gasteiger partial charge in [0.15, 0.2) is 0 Å². The van der Waals surface area contributed by atoms with Gasteiger partial charge in [-0.15, -0.1) is 0 Å². The number of furan rings is 1. The van der Waals surface area contributed by atoms with Crippen LogP contribution in [-0.4, -0.2) is 0 Å². The lowest BCUT2D eigenvalue weighted by Gasteiger charge is -2.23. The smallest absolute Gasteiger partial charge is 0.136 e. The van der Waals surface area contributed by atoms with Crippen LogP contribution in [0.5, 0.6) is 5.75 Å². The van der Waals surface area contributed by atoms with E-state index in [4.69, 9.17) is 9.15 Å². The average molecular weight is 549 g/mol. The van der Waals surface area contributed by atoms with E-state index in [1.807, 2.05) is 6.07 Å². The lowest BCUT2D eigenvalue weighted by Crippen LogP contribution is -2.06. The van der Waals surface area contributed by atoms with Gasteiger partial charge in [0.2, 0.25) is 0 Å². The second kappa shape index (κ2) is 8.47. The highest BCUT2D eigenvalue weighted by Crippen LogP contribution is 2.50. The molecule has 2 heteroatoms. The number of benzene rings is 7. The van der Waals surface area contributed by atoms with E-state index in [2.05, 4.69) is 127 Å². The second-order valence-electron chi connectivity index (χ2n) is 11.6. The molecule has 0 fully saturated rings. The first kappa shape index (κ1) is 23.0. The summed E-state index contributed by atoms with van der Waals surface area (Å²) in [5.74, 6) is 0.933. The molecule has 0 unspecified atom stereocenters. The number of hydrogen-bond donors (Lipinski definition) is 0. The van der Waals surface area contributed by atoms with Crippen LogP contribution in [0.3, 0.4) is 0 Å². The molecular formula is C41H24O2. The topological polar surface area (TPSA) is 22.4 Å². The zero-order valence-corrected chi connectivity index (χ0v) is 23.2. The van der Waals surface area contributed by atoms with E-state index in [0.717, 1.165) is 33.3 Å². The van der Waals surface area contributed by atoms with Crippen molar-refractivity contribution in [2.45, 2.75) is 6.61 Å². The molecule has 0 atom stereocenters. The Morgan fingerprint density at radius 3 is 1.98 bits per heavy atom. The fraction of sp³-hybridized carbons (Fsp3) is 0.0244. The number of hydrogen-bond acceptors (Lipinski definition) is 2. The molecule has 0 saturated heterocycles. The van der Waals surface area contributed by atoms with Crippen molar-refractivity contribution in [1.29, 1.82) is 0 Å². The first-order chi connectivity index (χ1) is 21.3. The van der Waals surface area contributed by atoms with Gasteiger partial charge in [-0.25, -0.2) is 0 Å². The Kier molecular flexibility index (Phi) is 4.53. The third kappa shape index (κ3) is 3.13. The Hall–Kier alpha value is -5.60. The summed E-state index contributed by atoms with van der Waals surface area (Å²) in [6.07, 6.45) is 0. The number of ether oxygens (including phenoxy) is 1. The van der Waals surface area contributed by atoms with E-state index in [9.17, 15) is 0 Å². The molecule has 0 radical (unpaired) electrons. The van der Waals surface area contributed by atoms with E-state index in [1.165, 1.54) is 66.4 Å². The molecule has 0 amide bonds. The summed E-state index contributed by atoms with van der Waals surface area (Å²) < 4.78 is 12.6. The zero-order valence-electron chi connectivity index (χ0n) is 23.2. The summed E-state index contributed by atoms with van der Waals surface area (Å²) in [6.45, 7) is 0.571. The molecule has 200 valence electrons. The predicted octanol–water partition coefficient (Wildman–Crippen LogP) is 11.3. The molecule has 1 aliphatic heterocycles. The number of para-hydroxylation sites is 1. The predicted molar refractivity (Wildman–Crippen MR) is 176 cm³/mol. The monoisotopic (exact) mass is 548 g/mol. The minimum atomic E-state index is 0.571. The SMILES string of the molecule is c1ccc2c(c1)OCc1cccc(-c3cccc4oc5ccc(-c6ccc7c8c(cccc68)-c6ccccc6-7)cc5c34)c1-2. The van der Waals surface area contributed by atoms with Crippen LogP contribution in [0.25, 0.3) is 88.3 Å². The van der Waals surface area contributed by atoms with Crippen molar-refractivity contribution in [1.82, 2.24) is 0 Å². The van der Waals surface area contributed by atoms with Crippen molar-refractivity contribution in [3.63, 3.8) is 0 Å². The van der Waals surface area contributed by atoms with Crippen molar-refractivity contribution < 1.29 is 9.15 Å². The van der Waals surface area contributed by atoms with Crippen LogP contribution in [0.1, 0.15) is 5.56 Å². The molecule has 1 aromatic heterocycles. The Morgan fingerprint density at radius 2 is 1.09 bits per heavy atom. The minimum Gasteiger partial charge on any atom is -0.488 e. The summed E-state index contributed by atoms with van der Waals surface area (Å²) in [6, 6.07) is 48.0. The fourth-order valence-corrected chi connectivity index (χ4v) is 7.50. The molecule has 0 saturated carbocycles. The second-order valence-corrected chi connectivity index (χ2v) is 11.6. The summed E-state index contributed by atoms with van der Waals surface area (Å²) in [5, 5.41) is 4.91. The molecule has 0 bridgehead atoms. The molecule has 1 aliphatic carbocycles. The van der Waals surface area contributed by atoms with Crippen LogP contribution in [0, 0.1) is 0 Å². The summed E-state index contributed by atoms with van der Waals surface area (Å²) in [4.78, 5) is 0. The lowest BCUT2D eigenvalue weighted by atomic mass is 9.87. The van der Waals surface area contributed by atoms with Crippen LogP contribution in [-0.2, 0) is 6.61 Å². The molecule has 43 heavy (non-hydrogen) atoms. The van der Waals surface area contributed by atoms with E-state index in [-0.39, 0.29) is 0 Å². The molecule has 2 heterocycles. The van der Waals surface area contributed by atoms with Gasteiger partial charge in [0.1, 0.15) is 23.5 Å². The standard InChI is InChI=1S/C41H24O2/c1-2-10-28-27(9-1)30-14-6-13-29-26(19-20-33(28)40(29)30)24-18-21-37-35(22-24)41-32(15-7-17-38(41)43-37)31-12-5-8-25-23-42-36-16-4-3-11-34(36)39(25)31/h1-22H,23H2. The van der Waals surface area contributed by atoms with Crippen molar-refractivity contribution in [2.75, 3.05) is 0 Å². The lowest BCUT2D eigenvalue weighted by molar-refractivity contribution is 0.302. The highest BCUT2D eigenvalue weighted by Gasteiger charge is 2.24. The van der Waals surface area contributed by atoms with Crippen molar-refractivity contribution in [2.24, 2.45) is 0 Å². The summed E-state index contributed by atoms with van der Waals surface area (Å²) >= 11 is 0. The maximum Gasteiger partial charge on any atom is 0.136 e. The van der Waals surface area contributed by atoms with Gasteiger partial charge in [-0.3, -0.25) is 0 Å². The van der Waals surface area contributed by atoms with Gasteiger partial charge in [-0.2, -0.15) is 0 Å². The zero-order chi connectivity index (χ0) is 28.1. The fourth-order valence-electron chi connectivity index (χ4n) is 7.50. The first-order valence-corrected chi connectivity index (χ1v) is 14.8. The number of fused-ring (bicyclic) bond motifs is 9. The van der Waals surface area contributed by atoms with Crippen LogP contribution < -0.4 is 4.74 Å². The van der Waals surface area contributed by atoms with Gasteiger partial charge in [-0.1, -0.05) is 109 Å². The Labute approximate surface area is 248 Å². The largest absolute Gasteiger partial charge is 0.488 e. The molecule has 8 aromatic rings. The molecule has 2 nitrogen and oxygen atoms in total. The summed E-state index contributed by atoms with van der Waals surface area (Å²) in [7, 11) is 0. The van der Waals surface area contributed by atoms with Gasteiger partial charge in [0, 0.05) is 16.3 Å². The van der Waals surface area contributed by atoms with Gasteiger partial charge in [-0.05, 0) is 90.7 Å². The Bertz CT molecular complexity index is 2430. The third-order valence-corrected chi connectivity index (χ3v) is 9.33. The third-order valence-electron chi connectivity index (χ3n) is 9.33. The number of rotatable bonds is 2. The minimum absolute atomic E-state index is 0.571. The van der Waals surface area contributed by atoms with Crippen LogP contribution in [0.4, 0.5) is 0 Å². The average Bonchev–Trinajstić information content (AvgIpc) is 3.61. The van der Waals surface area contributed by atoms with E-state index in [0.29, 0.717) is 6.61 Å². The quantitative estimate of drug-likeness (QED) is 0.214. The van der Waals surface area contributed by atoms with Gasteiger partial charge in [0.05, 0.1) is 0 Å². The summed E-state index contributed by atoms with van der Waals surface area (Å²) in [5.41, 5.74) is 15.5. The molecule has 7 aromatic carbocycles. The first-order valence-electron chi connectivity index (χ1n) is 14.8. The Balaban J connectivity index is 1.22. The van der Waals surface area contributed by atoms with Crippen LogP contribution in [0.15, 0.2) is 138 Å². The van der Waals surface area contributed by atoms with E-state index in [1.54, 1.807) is 0 Å². The maximum atomic E-state index is 6.47. The van der Waals surface area contributed by atoms with Crippen LogP contribution >= 0.6 is 0 Å². The van der Waals surface area contributed by atoms with Crippen LogP contribution in [0.2, 0.25) is 0 Å². The molecular weight excluding hydrogens is 524 g/mol. The van der Waals surface area contributed by atoms with Crippen molar-refractivity contribution in [3.05, 3.63) is 139 Å². The highest BCUT2D eigenvalue weighted by molar-refractivity contribution is 6.20.